The molecule has 0 spiro atoms. The molecule has 2 fully saturated rings. The van der Waals surface area contributed by atoms with Gasteiger partial charge in [-0.2, -0.15) is 0 Å². The largest absolute Gasteiger partial charge is 0.373 e. The Kier molecular flexibility index (Phi) is 2.88. The number of piperidine rings is 1. The minimum atomic E-state index is -0.739. The average molecular weight is 274 g/mol. The lowest BCUT2D eigenvalue weighted by Gasteiger charge is -2.34. The Hall–Kier alpha value is -2.11. The quantitative estimate of drug-likeness (QED) is 0.845. The lowest BCUT2D eigenvalue weighted by molar-refractivity contribution is -0.125. The predicted molar refractivity (Wildman–Crippen MR) is 74.1 cm³/mol. The summed E-state index contributed by atoms with van der Waals surface area (Å²) in [6.45, 7) is 0.589. The number of hydrogen-bond acceptors (Lipinski definition) is 4. The smallest absolute Gasteiger partial charge is 0.256 e. The van der Waals surface area contributed by atoms with Gasteiger partial charge in [-0.05, 0) is 37.3 Å². The fraction of sp³-hybridized carbons (Fsp3) is 0.500. The van der Waals surface area contributed by atoms with Crippen molar-refractivity contribution in [2.45, 2.75) is 24.8 Å². The van der Waals surface area contributed by atoms with E-state index in [1.54, 1.807) is 24.1 Å². The molecule has 2 amide bonds. The van der Waals surface area contributed by atoms with Crippen LogP contribution in [0.4, 0.5) is 5.82 Å². The van der Waals surface area contributed by atoms with Crippen molar-refractivity contribution in [1.82, 2.24) is 9.88 Å². The number of nitrogens with zero attached hydrogens (tertiary/aromatic N) is 2. The van der Waals surface area contributed by atoms with Crippen molar-refractivity contribution in [3.05, 3.63) is 23.9 Å². The van der Waals surface area contributed by atoms with Gasteiger partial charge < -0.3 is 16.0 Å². The SMILES string of the molecule is CNc1ccc(C(=O)N2CCC[C@@H]3C[C@@]32C(N)=O)cn1. The average Bonchev–Trinajstić information content (AvgIpc) is 3.22. The van der Waals surface area contributed by atoms with E-state index < -0.39 is 5.54 Å². The van der Waals surface area contributed by atoms with Crippen LogP contribution in [0.1, 0.15) is 29.6 Å². The summed E-state index contributed by atoms with van der Waals surface area (Å²) in [5.74, 6) is 0.410. The molecule has 1 aliphatic carbocycles. The monoisotopic (exact) mass is 274 g/mol. The molecule has 3 rings (SSSR count). The number of nitrogens with two attached hydrogens (primary N) is 1. The van der Waals surface area contributed by atoms with Crippen molar-refractivity contribution >= 4 is 17.6 Å². The van der Waals surface area contributed by atoms with Crippen LogP contribution in [-0.4, -0.2) is 40.8 Å². The van der Waals surface area contributed by atoms with Crippen molar-refractivity contribution in [1.29, 1.82) is 0 Å². The summed E-state index contributed by atoms with van der Waals surface area (Å²) in [6, 6.07) is 3.47. The number of nitrogens with one attached hydrogen (secondary N) is 1. The first kappa shape index (κ1) is 12.9. The molecule has 3 N–H and O–H groups in total. The molecule has 0 aromatic carbocycles. The van der Waals surface area contributed by atoms with E-state index in [1.165, 1.54) is 6.20 Å². The third-order valence-electron chi connectivity index (χ3n) is 4.43. The van der Waals surface area contributed by atoms with Crippen LogP contribution in [0.3, 0.4) is 0 Å². The van der Waals surface area contributed by atoms with E-state index in [1.807, 2.05) is 0 Å². The second-order valence-corrected chi connectivity index (χ2v) is 5.47. The molecule has 1 aliphatic heterocycles. The number of amides is 2. The van der Waals surface area contributed by atoms with Crippen molar-refractivity contribution in [2.24, 2.45) is 11.7 Å². The summed E-state index contributed by atoms with van der Waals surface area (Å²) >= 11 is 0. The summed E-state index contributed by atoms with van der Waals surface area (Å²) < 4.78 is 0. The lowest BCUT2D eigenvalue weighted by Crippen LogP contribution is -2.53. The molecule has 6 heteroatoms. The molecule has 20 heavy (non-hydrogen) atoms. The number of anilines is 1. The summed E-state index contributed by atoms with van der Waals surface area (Å²) in [5, 5.41) is 2.91. The maximum atomic E-state index is 12.6. The number of carbonyl (C=O) groups is 2. The van der Waals surface area contributed by atoms with Crippen LogP contribution in [0.5, 0.6) is 0 Å². The third-order valence-corrected chi connectivity index (χ3v) is 4.43. The molecular weight excluding hydrogens is 256 g/mol. The van der Waals surface area contributed by atoms with E-state index in [0.29, 0.717) is 24.3 Å². The molecule has 0 radical (unpaired) electrons. The minimum absolute atomic E-state index is 0.152. The molecule has 1 aromatic heterocycles. The molecular formula is C14H18N4O2. The van der Waals surface area contributed by atoms with Gasteiger partial charge in [-0.15, -0.1) is 0 Å². The molecule has 0 unspecified atom stereocenters. The van der Waals surface area contributed by atoms with Gasteiger partial charge in [-0.1, -0.05) is 0 Å². The number of fused-ring (bicyclic) bond motifs is 1. The van der Waals surface area contributed by atoms with Crippen LogP contribution in [-0.2, 0) is 4.79 Å². The Morgan fingerprint density at radius 1 is 1.50 bits per heavy atom. The molecule has 106 valence electrons. The Morgan fingerprint density at radius 2 is 2.30 bits per heavy atom. The van der Waals surface area contributed by atoms with E-state index >= 15 is 0 Å². The number of primary amides is 1. The van der Waals surface area contributed by atoms with Gasteiger partial charge in [-0.25, -0.2) is 4.98 Å². The molecule has 1 saturated heterocycles. The lowest BCUT2D eigenvalue weighted by atomic mass is 10.0. The van der Waals surface area contributed by atoms with Crippen LogP contribution < -0.4 is 11.1 Å². The van der Waals surface area contributed by atoms with Crippen LogP contribution in [0.25, 0.3) is 0 Å². The number of carbonyl (C=O) groups excluding carboxylic acids is 2. The minimum Gasteiger partial charge on any atom is -0.373 e. The zero-order valence-electron chi connectivity index (χ0n) is 11.4. The van der Waals surface area contributed by atoms with Crippen LogP contribution in [0.2, 0.25) is 0 Å². The van der Waals surface area contributed by atoms with E-state index in [-0.39, 0.29) is 17.7 Å². The third kappa shape index (κ3) is 1.75. The number of pyridine rings is 1. The highest BCUT2D eigenvalue weighted by Gasteiger charge is 2.65. The zero-order chi connectivity index (χ0) is 14.3. The van der Waals surface area contributed by atoms with Gasteiger partial charge in [0.15, 0.2) is 0 Å². The highest BCUT2D eigenvalue weighted by atomic mass is 16.2. The van der Waals surface area contributed by atoms with E-state index in [4.69, 9.17) is 5.73 Å². The fourth-order valence-corrected chi connectivity index (χ4v) is 3.23. The second-order valence-electron chi connectivity index (χ2n) is 5.47. The van der Waals surface area contributed by atoms with Gasteiger partial charge >= 0.3 is 0 Å². The van der Waals surface area contributed by atoms with Gasteiger partial charge in [0.25, 0.3) is 5.91 Å². The van der Waals surface area contributed by atoms with Crippen molar-refractivity contribution < 1.29 is 9.59 Å². The summed E-state index contributed by atoms with van der Waals surface area (Å²) in [5.41, 5.74) is 5.29. The number of aromatic nitrogens is 1. The highest BCUT2D eigenvalue weighted by Crippen LogP contribution is 2.54. The topological polar surface area (TPSA) is 88.3 Å². The van der Waals surface area contributed by atoms with Crippen LogP contribution in [0.15, 0.2) is 18.3 Å². The first-order valence-electron chi connectivity index (χ1n) is 6.85. The van der Waals surface area contributed by atoms with Gasteiger partial charge in [0.2, 0.25) is 5.91 Å². The van der Waals surface area contributed by atoms with E-state index in [2.05, 4.69) is 10.3 Å². The Morgan fingerprint density at radius 3 is 2.90 bits per heavy atom. The molecule has 2 atom stereocenters. The van der Waals surface area contributed by atoms with Crippen LogP contribution >= 0.6 is 0 Å². The molecule has 2 heterocycles. The highest BCUT2D eigenvalue weighted by molar-refractivity contribution is 6.00. The molecule has 1 aromatic rings. The van der Waals surface area contributed by atoms with Crippen molar-refractivity contribution in [2.75, 3.05) is 18.9 Å². The summed E-state index contributed by atoms with van der Waals surface area (Å²) in [4.78, 5) is 30.2. The number of rotatable bonds is 3. The van der Waals surface area contributed by atoms with E-state index in [0.717, 1.165) is 12.8 Å². The normalized spacial score (nSPS) is 27.6. The molecule has 1 saturated carbocycles. The maximum absolute atomic E-state index is 12.6. The van der Waals surface area contributed by atoms with Gasteiger partial charge in [0.05, 0.1) is 5.56 Å². The van der Waals surface area contributed by atoms with Gasteiger partial charge in [0, 0.05) is 19.8 Å². The first-order chi connectivity index (χ1) is 9.59. The standard InChI is InChI=1S/C14H18N4O2/c1-16-11-5-4-9(8-17-11)12(19)18-6-2-3-10-7-14(10,18)13(15)20/h4-5,8,10H,2-3,6-7H2,1H3,(H2,15,20)(H,16,17)/t10-,14+/m1/s1. The Labute approximate surface area is 117 Å². The molecule has 2 aliphatic rings. The van der Waals surface area contributed by atoms with Gasteiger partial charge in [0.1, 0.15) is 11.4 Å². The maximum Gasteiger partial charge on any atom is 0.256 e. The van der Waals surface area contributed by atoms with Gasteiger partial charge in [-0.3, -0.25) is 9.59 Å². The second kappa shape index (κ2) is 4.47. The Balaban J connectivity index is 1.87. The predicted octanol–water partition coefficient (Wildman–Crippen LogP) is 0.603. The van der Waals surface area contributed by atoms with Crippen molar-refractivity contribution in [3.8, 4) is 0 Å². The summed E-state index contributed by atoms with van der Waals surface area (Å²) in [6.07, 6.45) is 4.14. The number of hydrogen-bond donors (Lipinski definition) is 2. The zero-order valence-corrected chi connectivity index (χ0v) is 11.4. The first-order valence-corrected chi connectivity index (χ1v) is 6.85. The molecule has 0 bridgehead atoms. The fourth-order valence-electron chi connectivity index (χ4n) is 3.23. The summed E-state index contributed by atoms with van der Waals surface area (Å²) in [7, 11) is 1.77. The van der Waals surface area contributed by atoms with E-state index in [9.17, 15) is 9.59 Å². The van der Waals surface area contributed by atoms with Crippen LogP contribution in [0, 0.1) is 5.92 Å². The Bertz CT molecular complexity index is 557. The molecule has 6 nitrogen and oxygen atoms in total. The van der Waals surface area contributed by atoms with Crippen molar-refractivity contribution in [3.63, 3.8) is 0 Å². The number of likely N-dealkylation sites (tertiary alicyclic amines) is 1.